The van der Waals surface area contributed by atoms with Gasteiger partial charge >= 0.3 is 30.0 Å². The van der Waals surface area contributed by atoms with E-state index in [-0.39, 0.29) is 30.4 Å². The van der Waals surface area contributed by atoms with E-state index in [1.54, 1.807) is 48.5 Å². The third-order valence-corrected chi connectivity index (χ3v) is 8.92. The SMILES string of the molecule is COC(=O)[C@@H](CCNC(=O)C(=O)Nc1cccc(Oc2ccccc2)c1)NC(=O)c1ccc(Nc2nc(NC3(c4ccc(Cl)cc4)CC3)nc(OCC(F)(F)F)n2)cc1. The number of benzene rings is 4. The van der Waals surface area contributed by atoms with Crippen LogP contribution in [0.15, 0.2) is 103 Å². The maximum atomic E-state index is 13.2. The largest absolute Gasteiger partial charge is 0.467 e. The Labute approximate surface area is 340 Å². The summed E-state index contributed by atoms with van der Waals surface area (Å²) in [4.78, 5) is 63.2. The summed E-state index contributed by atoms with van der Waals surface area (Å²) in [7, 11) is 1.13. The highest BCUT2D eigenvalue weighted by Gasteiger charge is 2.45. The van der Waals surface area contributed by atoms with E-state index in [2.05, 4.69) is 41.5 Å². The van der Waals surface area contributed by atoms with Crippen LogP contribution in [-0.2, 0) is 24.7 Å². The summed E-state index contributed by atoms with van der Waals surface area (Å²) < 4.78 is 54.4. The monoisotopic (exact) mass is 832 g/mol. The number of carbonyl (C=O) groups excluding carboxylic acids is 4. The van der Waals surface area contributed by atoms with Crippen LogP contribution in [0.1, 0.15) is 35.2 Å². The van der Waals surface area contributed by atoms with Gasteiger partial charge < -0.3 is 40.8 Å². The quantitative estimate of drug-likeness (QED) is 0.0535. The van der Waals surface area contributed by atoms with Gasteiger partial charge in [0.15, 0.2) is 6.61 Å². The third-order valence-electron chi connectivity index (χ3n) is 8.67. The van der Waals surface area contributed by atoms with Gasteiger partial charge in [0.2, 0.25) is 11.9 Å². The number of hydrogen-bond acceptors (Lipinski definition) is 12. The van der Waals surface area contributed by atoms with E-state index in [1.165, 1.54) is 24.3 Å². The first-order valence-corrected chi connectivity index (χ1v) is 18.3. The topological polar surface area (TPSA) is 195 Å². The summed E-state index contributed by atoms with van der Waals surface area (Å²) in [5.41, 5.74) is 1.11. The van der Waals surface area contributed by atoms with Crippen molar-refractivity contribution in [1.82, 2.24) is 25.6 Å². The number of aromatic nitrogens is 3. The predicted molar refractivity (Wildman–Crippen MR) is 210 cm³/mol. The molecule has 6 rings (SSSR count). The number of anilines is 4. The van der Waals surface area contributed by atoms with Crippen LogP contribution in [0.5, 0.6) is 17.5 Å². The van der Waals surface area contributed by atoms with Crippen LogP contribution in [0.3, 0.4) is 0 Å². The molecule has 0 radical (unpaired) electrons. The van der Waals surface area contributed by atoms with Gasteiger partial charge in [-0.15, -0.1) is 0 Å². The molecule has 1 atom stereocenters. The molecular formula is C40H36ClF3N8O7. The van der Waals surface area contributed by atoms with Crippen molar-refractivity contribution in [3.8, 4) is 17.5 Å². The maximum absolute atomic E-state index is 13.2. The Kier molecular flexibility index (Phi) is 13.1. The minimum atomic E-state index is -4.64. The van der Waals surface area contributed by atoms with E-state index in [0.717, 1.165) is 12.7 Å². The molecule has 1 saturated carbocycles. The van der Waals surface area contributed by atoms with Crippen molar-refractivity contribution in [3.05, 3.63) is 119 Å². The molecule has 1 aromatic heterocycles. The number of rotatable bonds is 16. The number of halogens is 4. The maximum Gasteiger partial charge on any atom is 0.422 e. The molecule has 5 N–H and O–H groups in total. The lowest BCUT2D eigenvalue weighted by atomic mass is 10.1. The average molecular weight is 833 g/mol. The molecule has 4 aromatic carbocycles. The van der Waals surface area contributed by atoms with Gasteiger partial charge in [0.05, 0.1) is 12.6 Å². The normalized spacial score (nSPS) is 13.2. The molecule has 1 aliphatic rings. The van der Waals surface area contributed by atoms with Crippen LogP contribution in [0, 0.1) is 0 Å². The summed E-state index contributed by atoms with van der Waals surface area (Å²) in [5.74, 6) is -2.56. The molecule has 0 aliphatic heterocycles. The highest BCUT2D eigenvalue weighted by molar-refractivity contribution is 6.39. The molecule has 3 amide bonds. The van der Waals surface area contributed by atoms with Gasteiger partial charge in [-0.25, -0.2) is 4.79 Å². The lowest BCUT2D eigenvalue weighted by Crippen LogP contribution is -2.44. The second-order valence-electron chi connectivity index (χ2n) is 13.1. The fourth-order valence-electron chi connectivity index (χ4n) is 5.60. The Morgan fingerprint density at radius 2 is 1.51 bits per heavy atom. The molecule has 15 nitrogen and oxygen atoms in total. The number of esters is 1. The van der Waals surface area contributed by atoms with Crippen LogP contribution < -0.4 is 36.1 Å². The fraction of sp³-hybridized carbons (Fsp3) is 0.225. The fourth-order valence-corrected chi connectivity index (χ4v) is 5.73. The first-order chi connectivity index (χ1) is 28.3. The van der Waals surface area contributed by atoms with E-state index < -0.39 is 54.1 Å². The van der Waals surface area contributed by atoms with Crippen molar-refractivity contribution < 1.29 is 46.6 Å². The molecule has 5 aromatic rings. The van der Waals surface area contributed by atoms with E-state index in [1.807, 2.05) is 30.3 Å². The van der Waals surface area contributed by atoms with Crippen molar-refractivity contribution in [1.29, 1.82) is 0 Å². The Balaban J connectivity index is 1.04. The van der Waals surface area contributed by atoms with E-state index in [4.69, 9.17) is 25.8 Å². The summed E-state index contributed by atoms with van der Waals surface area (Å²) >= 11 is 6.04. The van der Waals surface area contributed by atoms with Crippen LogP contribution in [-0.4, -0.2) is 71.1 Å². The summed E-state index contributed by atoms with van der Waals surface area (Å²) in [6.07, 6.45) is -3.35. The molecule has 0 saturated heterocycles. The van der Waals surface area contributed by atoms with Crippen LogP contribution >= 0.6 is 11.6 Å². The van der Waals surface area contributed by atoms with Crippen molar-refractivity contribution >= 4 is 58.6 Å². The summed E-state index contributed by atoms with van der Waals surface area (Å²) in [6, 6.07) is 26.6. The number of nitrogens with zero attached hydrogens (tertiary/aromatic N) is 3. The molecule has 306 valence electrons. The number of nitrogens with one attached hydrogen (secondary N) is 5. The van der Waals surface area contributed by atoms with Crippen LogP contribution in [0.25, 0.3) is 0 Å². The minimum Gasteiger partial charge on any atom is -0.467 e. The smallest absolute Gasteiger partial charge is 0.422 e. The minimum absolute atomic E-state index is 0.0341. The third kappa shape index (κ3) is 12.0. The zero-order valence-electron chi connectivity index (χ0n) is 31.1. The van der Waals surface area contributed by atoms with Crippen molar-refractivity contribution in [3.63, 3.8) is 0 Å². The number of hydrogen-bond donors (Lipinski definition) is 5. The second kappa shape index (κ2) is 18.5. The van der Waals surface area contributed by atoms with Gasteiger partial charge in [0.25, 0.3) is 5.91 Å². The Hall–Kier alpha value is -6.95. The standard InChI is InChI=1S/C40H36ClF3N8O7/c1-57-35(56)31(18-21-45-33(54)34(55)46-28-6-5-9-30(22-28)59-29-7-3-2-4-8-29)48-32(53)24-10-16-27(17-11-24)47-36-49-37(51-38(50-36)58-23-40(42,43)44)52-39(19-20-39)25-12-14-26(41)15-13-25/h2-17,22,31H,18-21,23H2,1H3,(H,45,54)(H,46,55)(H,48,53)(H2,47,49,50,51,52)/t31-/m1/s1. The molecule has 1 fully saturated rings. The Bertz CT molecular complexity index is 2280. The van der Waals surface area contributed by atoms with E-state index >= 15 is 0 Å². The van der Waals surface area contributed by atoms with Crippen LogP contribution in [0.2, 0.25) is 5.02 Å². The van der Waals surface area contributed by atoms with Gasteiger partial charge in [-0.3, -0.25) is 14.4 Å². The molecule has 0 unspecified atom stereocenters. The highest BCUT2D eigenvalue weighted by atomic mass is 35.5. The molecule has 1 heterocycles. The molecular weight excluding hydrogens is 797 g/mol. The first kappa shape index (κ1) is 41.7. The van der Waals surface area contributed by atoms with Crippen molar-refractivity contribution in [2.24, 2.45) is 0 Å². The van der Waals surface area contributed by atoms with Gasteiger partial charge in [-0.05, 0) is 85.5 Å². The lowest BCUT2D eigenvalue weighted by molar-refractivity contribution is -0.154. The van der Waals surface area contributed by atoms with Gasteiger partial charge in [0.1, 0.15) is 17.5 Å². The van der Waals surface area contributed by atoms with E-state index in [9.17, 15) is 32.3 Å². The van der Waals surface area contributed by atoms with E-state index in [0.29, 0.717) is 40.7 Å². The molecule has 59 heavy (non-hydrogen) atoms. The Morgan fingerprint density at radius 3 is 2.19 bits per heavy atom. The Morgan fingerprint density at radius 1 is 0.814 bits per heavy atom. The number of ether oxygens (including phenoxy) is 3. The second-order valence-corrected chi connectivity index (χ2v) is 13.5. The first-order valence-electron chi connectivity index (χ1n) is 18.0. The molecule has 19 heteroatoms. The van der Waals surface area contributed by atoms with Crippen LogP contribution in [0.4, 0.5) is 36.4 Å². The molecule has 1 aliphatic carbocycles. The highest BCUT2D eigenvalue weighted by Crippen LogP contribution is 2.48. The number of amides is 3. The average Bonchev–Trinajstić information content (AvgIpc) is 4.00. The van der Waals surface area contributed by atoms with Gasteiger partial charge in [0, 0.05) is 34.6 Å². The number of methoxy groups -OCH3 is 1. The predicted octanol–water partition coefficient (Wildman–Crippen LogP) is 6.52. The summed E-state index contributed by atoms with van der Waals surface area (Å²) in [5, 5.41) is 14.1. The summed E-state index contributed by atoms with van der Waals surface area (Å²) in [6.45, 7) is -1.80. The molecule has 0 spiro atoms. The molecule has 0 bridgehead atoms. The van der Waals surface area contributed by atoms with Gasteiger partial charge in [-0.1, -0.05) is 48.0 Å². The number of para-hydroxylation sites is 1. The van der Waals surface area contributed by atoms with Gasteiger partial charge in [-0.2, -0.15) is 28.1 Å². The lowest BCUT2D eigenvalue weighted by Gasteiger charge is -2.19. The number of carbonyl (C=O) groups is 4. The number of alkyl halides is 3. The zero-order valence-corrected chi connectivity index (χ0v) is 31.9. The van der Waals surface area contributed by atoms with Crippen molar-refractivity contribution in [2.45, 2.75) is 37.0 Å². The van der Waals surface area contributed by atoms with Crippen molar-refractivity contribution in [2.75, 3.05) is 36.2 Å². The zero-order chi connectivity index (χ0) is 42.0.